The third-order valence-electron chi connectivity index (χ3n) is 3.14. The van der Waals surface area contributed by atoms with Gasteiger partial charge in [0.2, 0.25) is 5.91 Å². The van der Waals surface area contributed by atoms with Crippen LogP contribution in [-0.4, -0.2) is 25.5 Å². The van der Waals surface area contributed by atoms with Crippen LogP contribution in [0.5, 0.6) is 0 Å². The summed E-state index contributed by atoms with van der Waals surface area (Å²) in [6, 6.07) is 0. The van der Waals surface area contributed by atoms with Crippen molar-refractivity contribution in [3.05, 3.63) is 0 Å². The van der Waals surface area contributed by atoms with E-state index in [-0.39, 0.29) is 5.91 Å². The Labute approximate surface area is 99.4 Å². The van der Waals surface area contributed by atoms with Crippen LogP contribution in [0.2, 0.25) is 0 Å². The van der Waals surface area contributed by atoms with Gasteiger partial charge in [0.05, 0.1) is 0 Å². The molecule has 94 valence electrons. The van der Waals surface area contributed by atoms with E-state index >= 15 is 0 Å². The summed E-state index contributed by atoms with van der Waals surface area (Å²) in [6.45, 7) is 6.93. The highest BCUT2D eigenvalue weighted by Gasteiger charge is 2.13. The lowest BCUT2D eigenvalue weighted by atomic mass is 10.1. The molecule has 1 saturated carbocycles. The summed E-state index contributed by atoms with van der Waals surface area (Å²) in [6.07, 6.45) is 6.13. The smallest absolute Gasteiger partial charge is 0.221 e. The number of hydrogen-bond acceptors (Lipinski definition) is 2. The van der Waals surface area contributed by atoms with Crippen molar-refractivity contribution in [2.45, 2.75) is 46.0 Å². The van der Waals surface area contributed by atoms with Crippen LogP contribution in [0, 0.1) is 11.8 Å². The molecule has 0 aliphatic heterocycles. The molecule has 0 aromatic carbocycles. The lowest BCUT2D eigenvalue weighted by Gasteiger charge is -2.11. The zero-order valence-electron chi connectivity index (χ0n) is 10.7. The van der Waals surface area contributed by atoms with Crippen molar-refractivity contribution in [2.24, 2.45) is 11.8 Å². The van der Waals surface area contributed by atoms with Crippen molar-refractivity contribution in [3.8, 4) is 0 Å². The molecule has 16 heavy (non-hydrogen) atoms. The molecule has 0 aromatic rings. The van der Waals surface area contributed by atoms with Crippen molar-refractivity contribution >= 4 is 5.91 Å². The molecule has 0 atom stereocenters. The highest BCUT2D eigenvalue weighted by atomic mass is 16.1. The summed E-state index contributed by atoms with van der Waals surface area (Å²) in [4.78, 5) is 11.4. The predicted octanol–water partition coefficient (Wildman–Crippen LogP) is 1.93. The summed E-state index contributed by atoms with van der Waals surface area (Å²) in [5.74, 6) is 1.57. The largest absolute Gasteiger partial charge is 0.356 e. The minimum atomic E-state index is 0.174. The SMILES string of the molecule is CC(C)CNC(=O)CCNCC1CCCC1. The summed E-state index contributed by atoms with van der Waals surface area (Å²) in [5, 5.41) is 6.32. The van der Waals surface area contributed by atoms with Crippen molar-refractivity contribution < 1.29 is 4.79 Å². The quantitative estimate of drug-likeness (QED) is 0.651. The summed E-state index contributed by atoms with van der Waals surface area (Å²) < 4.78 is 0. The van der Waals surface area contributed by atoms with Crippen LogP contribution in [0.1, 0.15) is 46.0 Å². The van der Waals surface area contributed by atoms with Gasteiger partial charge in [-0.1, -0.05) is 26.7 Å². The Morgan fingerprint density at radius 3 is 2.62 bits per heavy atom. The maximum absolute atomic E-state index is 11.4. The minimum absolute atomic E-state index is 0.174. The van der Waals surface area contributed by atoms with Crippen LogP contribution >= 0.6 is 0 Å². The van der Waals surface area contributed by atoms with Crippen LogP contribution in [0.15, 0.2) is 0 Å². The lowest BCUT2D eigenvalue weighted by Crippen LogP contribution is -2.31. The van der Waals surface area contributed by atoms with E-state index in [1.54, 1.807) is 0 Å². The molecule has 0 heterocycles. The molecular formula is C13H26N2O. The van der Waals surface area contributed by atoms with Crippen LogP contribution in [-0.2, 0) is 4.79 Å². The predicted molar refractivity (Wildman–Crippen MR) is 67.3 cm³/mol. The average Bonchev–Trinajstić information content (AvgIpc) is 2.74. The summed E-state index contributed by atoms with van der Waals surface area (Å²) in [5.41, 5.74) is 0. The summed E-state index contributed by atoms with van der Waals surface area (Å²) >= 11 is 0. The number of carbonyl (C=O) groups is 1. The first-order valence-corrected chi connectivity index (χ1v) is 6.66. The van der Waals surface area contributed by atoms with Gasteiger partial charge in [0.1, 0.15) is 0 Å². The van der Waals surface area contributed by atoms with Gasteiger partial charge in [0.15, 0.2) is 0 Å². The van der Waals surface area contributed by atoms with Crippen LogP contribution in [0.4, 0.5) is 0 Å². The second-order valence-electron chi connectivity index (χ2n) is 5.30. The van der Waals surface area contributed by atoms with Gasteiger partial charge in [0.25, 0.3) is 0 Å². The summed E-state index contributed by atoms with van der Waals surface area (Å²) in [7, 11) is 0. The number of hydrogen-bond donors (Lipinski definition) is 2. The second-order valence-corrected chi connectivity index (χ2v) is 5.30. The average molecular weight is 226 g/mol. The molecule has 0 radical (unpaired) electrons. The van der Waals surface area contributed by atoms with E-state index in [1.807, 2.05) is 0 Å². The fourth-order valence-electron chi connectivity index (χ4n) is 2.13. The lowest BCUT2D eigenvalue weighted by molar-refractivity contribution is -0.121. The molecule has 0 unspecified atom stereocenters. The highest BCUT2D eigenvalue weighted by Crippen LogP contribution is 2.23. The topological polar surface area (TPSA) is 41.1 Å². The molecule has 0 saturated heterocycles. The molecule has 1 aliphatic rings. The molecule has 1 fully saturated rings. The minimum Gasteiger partial charge on any atom is -0.356 e. The zero-order valence-corrected chi connectivity index (χ0v) is 10.7. The molecule has 1 aliphatic carbocycles. The van der Waals surface area contributed by atoms with Crippen molar-refractivity contribution in [3.63, 3.8) is 0 Å². The van der Waals surface area contributed by atoms with Gasteiger partial charge >= 0.3 is 0 Å². The first kappa shape index (κ1) is 13.5. The maximum atomic E-state index is 11.4. The van der Waals surface area contributed by atoms with Gasteiger partial charge in [-0.2, -0.15) is 0 Å². The Morgan fingerprint density at radius 2 is 2.00 bits per heavy atom. The molecule has 2 N–H and O–H groups in total. The van der Waals surface area contributed by atoms with Crippen molar-refractivity contribution in [1.29, 1.82) is 0 Å². The normalized spacial score (nSPS) is 16.9. The van der Waals surface area contributed by atoms with Gasteiger partial charge in [-0.3, -0.25) is 4.79 Å². The molecule has 1 rings (SSSR count). The number of rotatable bonds is 7. The highest BCUT2D eigenvalue weighted by molar-refractivity contribution is 5.76. The van der Waals surface area contributed by atoms with Gasteiger partial charge < -0.3 is 10.6 Å². The Morgan fingerprint density at radius 1 is 1.31 bits per heavy atom. The zero-order chi connectivity index (χ0) is 11.8. The molecular weight excluding hydrogens is 200 g/mol. The standard InChI is InChI=1S/C13H26N2O/c1-11(2)9-15-13(16)7-8-14-10-12-5-3-4-6-12/h11-12,14H,3-10H2,1-2H3,(H,15,16). The number of nitrogens with one attached hydrogen (secondary N) is 2. The van der Waals surface area contributed by atoms with E-state index in [9.17, 15) is 4.79 Å². The van der Waals surface area contributed by atoms with Gasteiger partial charge in [-0.15, -0.1) is 0 Å². The Balaban J connectivity index is 1.91. The van der Waals surface area contributed by atoms with E-state index in [4.69, 9.17) is 0 Å². The number of amides is 1. The van der Waals surface area contributed by atoms with E-state index in [1.165, 1.54) is 25.7 Å². The molecule has 0 spiro atoms. The van der Waals surface area contributed by atoms with Gasteiger partial charge in [0, 0.05) is 19.5 Å². The molecule has 1 amide bonds. The molecule has 0 aromatic heterocycles. The third-order valence-corrected chi connectivity index (χ3v) is 3.14. The van der Waals surface area contributed by atoms with E-state index < -0.39 is 0 Å². The van der Waals surface area contributed by atoms with Crippen LogP contribution < -0.4 is 10.6 Å². The van der Waals surface area contributed by atoms with Crippen LogP contribution in [0.3, 0.4) is 0 Å². The fourth-order valence-corrected chi connectivity index (χ4v) is 2.13. The Bertz CT molecular complexity index is 198. The Hall–Kier alpha value is -0.570. The van der Waals surface area contributed by atoms with E-state index in [2.05, 4.69) is 24.5 Å². The maximum Gasteiger partial charge on any atom is 0.221 e. The number of carbonyl (C=O) groups excluding carboxylic acids is 1. The molecule has 3 heteroatoms. The first-order valence-electron chi connectivity index (χ1n) is 6.66. The van der Waals surface area contributed by atoms with Gasteiger partial charge in [-0.05, 0) is 31.2 Å². The third kappa shape index (κ3) is 6.11. The monoisotopic (exact) mass is 226 g/mol. The second kappa shape index (κ2) is 7.66. The first-order chi connectivity index (χ1) is 7.68. The molecule has 3 nitrogen and oxygen atoms in total. The van der Waals surface area contributed by atoms with Gasteiger partial charge in [-0.25, -0.2) is 0 Å². The Kier molecular flexibility index (Phi) is 6.46. The molecule has 0 bridgehead atoms. The van der Waals surface area contributed by atoms with Crippen LogP contribution in [0.25, 0.3) is 0 Å². The van der Waals surface area contributed by atoms with E-state index in [0.29, 0.717) is 12.3 Å². The van der Waals surface area contributed by atoms with Crippen molar-refractivity contribution in [1.82, 2.24) is 10.6 Å². The van der Waals surface area contributed by atoms with Crippen molar-refractivity contribution in [2.75, 3.05) is 19.6 Å². The van der Waals surface area contributed by atoms with E-state index in [0.717, 1.165) is 25.6 Å². The fraction of sp³-hybridized carbons (Fsp3) is 0.923.